The van der Waals surface area contributed by atoms with E-state index in [9.17, 15) is 9.59 Å². The molecule has 0 amide bonds. The average molecular weight is 889 g/mol. The quantitative estimate of drug-likeness (QED) is 0.120. The van der Waals surface area contributed by atoms with Crippen molar-refractivity contribution in [1.29, 1.82) is 0 Å². The Kier molecular flexibility index (Phi) is 9.14. The number of ketones is 2. The molecule has 0 fully saturated rings. The molecule has 0 saturated carbocycles. The van der Waals surface area contributed by atoms with Crippen LogP contribution < -0.4 is 0 Å². The Morgan fingerprint density at radius 3 is 1.29 bits per heavy atom. The van der Waals surface area contributed by atoms with Crippen LogP contribution in [0.4, 0.5) is 0 Å². The number of hydrogen-bond donors (Lipinski definition) is 0. The zero-order chi connectivity index (χ0) is 39.3. The third-order valence-corrected chi connectivity index (χ3v) is 11.7. The van der Waals surface area contributed by atoms with E-state index >= 15 is 0 Å². The molecule has 0 N–H and O–H groups in total. The second-order valence-electron chi connectivity index (χ2n) is 14.3. The molecule has 58 heavy (non-hydrogen) atoms. The van der Waals surface area contributed by atoms with Crippen LogP contribution in [0.5, 0.6) is 0 Å². The lowest BCUT2D eigenvalue weighted by molar-refractivity contribution is 0.0959. The molecule has 4 aromatic heterocycles. The maximum atomic E-state index is 12.9. The lowest BCUT2D eigenvalue weighted by Crippen LogP contribution is -2.11. The fourth-order valence-electron chi connectivity index (χ4n) is 7.86. The molecule has 0 saturated heterocycles. The Labute approximate surface area is 348 Å². The molecule has 10 nitrogen and oxygen atoms in total. The smallest absolute Gasteiger partial charge is 0.184 e. The summed E-state index contributed by atoms with van der Waals surface area (Å²) >= 11 is 6.85. The fraction of sp³-hybridized carbons (Fsp3) is 0.0870. The van der Waals surface area contributed by atoms with Gasteiger partial charge in [0, 0.05) is 63.7 Å². The molecule has 10 aromatic rings. The van der Waals surface area contributed by atoms with Crippen molar-refractivity contribution in [2.45, 2.75) is 26.2 Å². The highest BCUT2D eigenvalue weighted by Gasteiger charge is 2.18. The predicted octanol–water partition coefficient (Wildman–Crippen LogP) is 10.1. The maximum Gasteiger partial charge on any atom is 0.184 e. The Balaban J connectivity index is 0.939. The molecule has 4 heterocycles. The van der Waals surface area contributed by atoms with Crippen molar-refractivity contribution >= 4 is 87.0 Å². The van der Waals surface area contributed by atoms with Crippen LogP contribution in [0.1, 0.15) is 32.1 Å². The molecule has 0 aliphatic rings. The number of carbonyl (C=O) groups is 2. The number of rotatable bonds is 11. The van der Waals surface area contributed by atoms with Crippen LogP contribution in [-0.2, 0) is 26.2 Å². The zero-order valence-electron chi connectivity index (χ0n) is 30.8. The summed E-state index contributed by atoms with van der Waals surface area (Å²) in [6, 6.07) is 44.8. The number of aromatic nitrogens is 8. The van der Waals surface area contributed by atoms with Gasteiger partial charge in [0.25, 0.3) is 0 Å². The van der Waals surface area contributed by atoms with E-state index in [0.29, 0.717) is 24.2 Å². The van der Waals surface area contributed by atoms with Gasteiger partial charge in [-0.25, -0.2) is 9.36 Å². The molecule has 0 spiro atoms. The maximum absolute atomic E-state index is 12.9. The molecule has 12 heteroatoms. The second kappa shape index (κ2) is 14.8. The van der Waals surface area contributed by atoms with Crippen molar-refractivity contribution in [2.24, 2.45) is 0 Å². The average Bonchev–Trinajstić information content (AvgIpc) is 4.03. The summed E-state index contributed by atoms with van der Waals surface area (Å²) in [5.74, 6) is -0.0501. The minimum atomic E-state index is -0.0251. The van der Waals surface area contributed by atoms with Gasteiger partial charge in [-0.15, -0.1) is 10.2 Å². The topological polar surface area (TPSA) is 105 Å². The summed E-state index contributed by atoms with van der Waals surface area (Å²) in [7, 11) is 0. The molecular formula is C46H32Br2N8O2. The highest BCUT2D eigenvalue weighted by Crippen LogP contribution is 2.36. The number of fused-ring (bicyclic) bond motifs is 6. The summed E-state index contributed by atoms with van der Waals surface area (Å²) in [6.45, 7) is 1.25. The first-order chi connectivity index (χ1) is 28.3. The van der Waals surface area contributed by atoms with E-state index in [1.165, 1.54) is 0 Å². The Morgan fingerprint density at radius 2 is 0.862 bits per heavy atom. The van der Waals surface area contributed by atoms with Gasteiger partial charge in [-0.05, 0) is 71.8 Å². The fourth-order valence-corrected chi connectivity index (χ4v) is 8.38. The molecular weight excluding hydrogens is 856 g/mol. The lowest BCUT2D eigenvalue weighted by Gasteiger charge is -2.08. The van der Waals surface area contributed by atoms with Crippen LogP contribution in [0.25, 0.3) is 54.7 Å². The molecule has 0 radical (unpaired) electrons. The molecule has 6 aromatic carbocycles. The number of hydrogen-bond acceptors (Lipinski definition) is 6. The standard InChI is InChI=1S/C46H32Br2N8O2/c47-33-15-9-29(10-16-33)45(57)27-53-23-35(49-51-53)25-55-41-7-3-1-5-37(41)39-21-31(13-19-43(39)55)32-14-20-44-40(22-32)38-6-2-4-8-42(38)56(44)26-36-24-54(52-50-36)28-46(58)30-11-17-34(48)18-12-30/h1-24H,25-28H2. The number of para-hydroxylation sites is 2. The second-order valence-corrected chi connectivity index (χ2v) is 16.2. The van der Waals surface area contributed by atoms with Crippen LogP contribution in [0, 0.1) is 0 Å². The van der Waals surface area contributed by atoms with E-state index in [4.69, 9.17) is 0 Å². The molecule has 10 rings (SSSR count). The summed E-state index contributed by atoms with van der Waals surface area (Å²) in [4.78, 5) is 25.8. The van der Waals surface area contributed by atoms with Crippen LogP contribution in [0.2, 0.25) is 0 Å². The van der Waals surface area contributed by atoms with Gasteiger partial charge in [0.15, 0.2) is 11.6 Å². The molecule has 0 unspecified atom stereocenters. The van der Waals surface area contributed by atoms with Crippen molar-refractivity contribution in [2.75, 3.05) is 0 Å². The van der Waals surface area contributed by atoms with E-state index in [-0.39, 0.29) is 24.7 Å². The Bertz CT molecular complexity index is 2980. The minimum Gasteiger partial charge on any atom is -0.334 e. The minimum absolute atomic E-state index is 0.0251. The van der Waals surface area contributed by atoms with Gasteiger partial charge in [-0.1, -0.05) is 115 Å². The summed E-state index contributed by atoms with van der Waals surface area (Å²) in [5.41, 5.74) is 9.43. The Hall–Kier alpha value is -6.50. The van der Waals surface area contributed by atoms with E-state index in [1.54, 1.807) is 9.36 Å². The zero-order valence-corrected chi connectivity index (χ0v) is 34.0. The van der Waals surface area contributed by atoms with Gasteiger partial charge in [0.2, 0.25) is 0 Å². The van der Waals surface area contributed by atoms with Crippen molar-refractivity contribution in [3.8, 4) is 11.1 Å². The molecule has 0 aliphatic heterocycles. The predicted molar refractivity (Wildman–Crippen MR) is 233 cm³/mol. The summed E-state index contributed by atoms with van der Waals surface area (Å²) < 4.78 is 9.60. The van der Waals surface area contributed by atoms with Gasteiger partial charge < -0.3 is 9.13 Å². The highest BCUT2D eigenvalue weighted by molar-refractivity contribution is 9.10. The normalized spacial score (nSPS) is 11.7. The molecule has 0 bridgehead atoms. The van der Waals surface area contributed by atoms with E-state index in [1.807, 2.05) is 60.9 Å². The molecule has 0 aliphatic carbocycles. The molecule has 282 valence electrons. The van der Waals surface area contributed by atoms with Crippen molar-refractivity contribution in [1.82, 2.24) is 39.1 Å². The first kappa shape index (κ1) is 35.9. The van der Waals surface area contributed by atoms with Crippen LogP contribution >= 0.6 is 31.9 Å². The van der Waals surface area contributed by atoms with Gasteiger partial charge in [0.1, 0.15) is 24.5 Å². The van der Waals surface area contributed by atoms with Gasteiger partial charge in [0.05, 0.1) is 25.5 Å². The van der Waals surface area contributed by atoms with E-state index in [0.717, 1.165) is 75.1 Å². The first-order valence-corrected chi connectivity index (χ1v) is 20.3. The summed E-state index contributed by atoms with van der Waals surface area (Å²) in [6.07, 6.45) is 3.71. The molecule has 0 atom stereocenters. The Morgan fingerprint density at radius 1 is 0.466 bits per heavy atom. The third-order valence-electron chi connectivity index (χ3n) is 10.6. The number of carbonyl (C=O) groups excluding carboxylic acids is 2. The number of halogens is 2. The lowest BCUT2D eigenvalue weighted by atomic mass is 10.0. The van der Waals surface area contributed by atoms with Gasteiger partial charge >= 0.3 is 0 Å². The van der Waals surface area contributed by atoms with E-state index in [2.05, 4.69) is 147 Å². The van der Waals surface area contributed by atoms with Crippen molar-refractivity contribution in [3.05, 3.63) is 177 Å². The van der Waals surface area contributed by atoms with Crippen molar-refractivity contribution in [3.63, 3.8) is 0 Å². The first-order valence-electron chi connectivity index (χ1n) is 18.7. The monoisotopic (exact) mass is 886 g/mol. The van der Waals surface area contributed by atoms with Crippen molar-refractivity contribution < 1.29 is 9.59 Å². The summed E-state index contributed by atoms with van der Waals surface area (Å²) in [5, 5.41) is 22.1. The number of benzene rings is 6. The van der Waals surface area contributed by atoms with Crippen LogP contribution in [0.3, 0.4) is 0 Å². The van der Waals surface area contributed by atoms with Gasteiger partial charge in [-0.3, -0.25) is 9.59 Å². The largest absolute Gasteiger partial charge is 0.334 e. The van der Waals surface area contributed by atoms with Crippen LogP contribution in [-0.4, -0.2) is 50.7 Å². The van der Waals surface area contributed by atoms with Crippen LogP contribution in [0.15, 0.2) is 155 Å². The number of nitrogens with zero attached hydrogens (tertiary/aromatic N) is 8. The highest BCUT2D eigenvalue weighted by atomic mass is 79.9. The SMILES string of the molecule is O=C(Cn1cc(Cn2c3ccccc3c3cc(-c4ccc5c(c4)c4ccccc4n5Cc4cn(CC(=O)c5ccc(Br)cc5)nn4)ccc32)nn1)c1ccc(Br)cc1. The van der Waals surface area contributed by atoms with Gasteiger partial charge in [-0.2, -0.15) is 0 Å². The third kappa shape index (κ3) is 6.73. The number of Topliss-reactive ketones (excluding diaryl/α,β-unsaturated/α-hetero) is 2. The van der Waals surface area contributed by atoms with E-state index < -0.39 is 0 Å².